The van der Waals surface area contributed by atoms with Crippen LogP contribution in [0.3, 0.4) is 0 Å². The van der Waals surface area contributed by atoms with Gasteiger partial charge in [0.25, 0.3) is 5.91 Å². The first-order valence-electron chi connectivity index (χ1n) is 18.0. The molecule has 1 aliphatic heterocycles. The van der Waals surface area contributed by atoms with Gasteiger partial charge >= 0.3 is 6.03 Å². The maximum atomic E-state index is 14.5. The van der Waals surface area contributed by atoms with Crippen LogP contribution in [0.25, 0.3) is 0 Å². The molecular formula is C35H61N5O7S. The molecule has 2 bridgehead atoms. The van der Waals surface area contributed by atoms with E-state index in [1.54, 1.807) is 11.8 Å². The Morgan fingerprint density at radius 1 is 0.958 bits per heavy atom. The highest BCUT2D eigenvalue weighted by molar-refractivity contribution is 7.91. The van der Waals surface area contributed by atoms with Crippen molar-refractivity contribution in [3.63, 3.8) is 0 Å². The van der Waals surface area contributed by atoms with Gasteiger partial charge in [0.1, 0.15) is 11.6 Å². The van der Waals surface area contributed by atoms with Crippen LogP contribution in [0.4, 0.5) is 4.79 Å². The van der Waals surface area contributed by atoms with Crippen molar-refractivity contribution >= 4 is 39.2 Å². The minimum absolute atomic E-state index is 0.0159. The third kappa shape index (κ3) is 9.17. The molecule has 0 aromatic rings. The van der Waals surface area contributed by atoms with E-state index in [1.165, 1.54) is 0 Å². The fourth-order valence-corrected chi connectivity index (χ4v) is 9.39. The second-order valence-electron chi connectivity index (χ2n) is 16.2. The number of carbonyl (C=O) groups is 5. The SMILES string of the molecule is CCCNC(=O)C(=O)C(CCC)NCC(=O)C12CC(CN1C(=O)C(NC(=O)NC1(CS(=O)(=O)CC)CCCCC1)C(C)(C)C)C(C)(C)C2. The van der Waals surface area contributed by atoms with Crippen LogP contribution in [-0.4, -0.2) is 97.0 Å². The number of sulfone groups is 1. The fourth-order valence-electron chi connectivity index (χ4n) is 7.98. The van der Waals surface area contributed by atoms with Crippen molar-refractivity contribution in [3.8, 4) is 0 Å². The van der Waals surface area contributed by atoms with Gasteiger partial charge in [0.15, 0.2) is 15.6 Å². The zero-order chi connectivity index (χ0) is 36.1. The van der Waals surface area contributed by atoms with E-state index in [9.17, 15) is 32.4 Å². The number of piperidine rings is 1. The highest BCUT2D eigenvalue weighted by Crippen LogP contribution is 2.57. The van der Waals surface area contributed by atoms with Crippen LogP contribution in [0, 0.1) is 16.7 Å². The van der Waals surface area contributed by atoms with Gasteiger partial charge in [-0.2, -0.15) is 0 Å². The van der Waals surface area contributed by atoms with Gasteiger partial charge in [0, 0.05) is 18.8 Å². The van der Waals surface area contributed by atoms with Crippen LogP contribution in [-0.2, 0) is 29.0 Å². The van der Waals surface area contributed by atoms with Gasteiger partial charge in [-0.25, -0.2) is 13.2 Å². The highest BCUT2D eigenvalue weighted by atomic mass is 32.2. The molecule has 3 rings (SSSR count). The van der Waals surface area contributed by atoms with Crippen LogP contribution in [0.2, 0.25) is 0 Å². The normalized spacial score (nSPS) is 24.4. The Hall–Kier alpha value is -2.54. The summed E-state index contributed by atoms with van der Waals surface area (Å²) >= 11 is 0. The summed E-state index contributed by atoms with van der Waals surface area (Å²) in [5.41, 5.74) is -2.95. The molecule has 4 N–H and O–H groups in total. The average Bonchev–Trinajstić information content (AvgIpc) is 3.52. The zero-order valence-electron chi connectivity index (χ0n) is 30.6. The molecule has 0 radical (unpaired) electrons. The molecule has 274 valence electrons. The van der Waals surface area contributed by atoms with E-state index >= 15 is 0 Å². The molecule has 0 spiro atoms. The molecule has 48 heavy (non-hydrogen) atoms. The molecule has 2 saturated carbocycles. The van der Waals surface area contributed by atoms with Gasteiger partial charge in [-0.1, -0.05) is 81.1 Å². The number of urea groups is 1. The molecule has 4 amide bonds. The quantitative estimate of drug-likeness (QED) is 0.178. The van der Waals surface area contributed by atoms with E-state index in [1.807, 2.05) is 34.6 Å². The Labute approximate surface area is 288 Å². The van der Waals surface area contributed by atoms with E-state index in [0.29, 0.717) is 58.0 Å². The minimum atomic E-state index is -3.38. The molecular weight excluding hydrogens is 634 g/mol. The highest BCUT2D eigenvalue weighted by Gasteiger charge is 2.64. The van der Waals surface area contributed by atoms with Crippen molar-refractivity contribution in [2.75, 3.05) is 31.1 Å². The van der Waals surface area contributed by atoms with Crippen molar-refractivity contribution < 1.29 is 32.4 Å². The Bertz CT molecular complexity index is 1320. The Morgan fingerprint density at radius 2 is 1.60 bits per heavy atom. The van der Waals surface area contributed by atoms with Crippen LogP contribution >= 0.6 is 0 Å². The van der Waals surface area contributed by atoms with Gasteiger partial charge in [0.05, 0.1) is 23.9 Å². The molecule has 4 unspecified atom stereocenters. The molecule has 1 heterocycles. The van der Waals surface area contributed by atoms with Gasteiger partial charge < -0.3 is 20.9 Å². The summed E-state index contributed by atoms with van der Waals surface area (Å²) < 4.78 is 25.4. The summed E-state index contributed by atoms with van der Waals surface area (Å²) in [6.07, 6.45) is 6.32. The van der Waals surface area contributed by atoms with Crippen molar-refractivity contribution in [1.82, 2.24) is 26.2 Å². The number of amides is 4. The number of Topliss-reactive ketones (excluding diaryl/α,β-unsaturated/α-hetero) is 2. The molecule has 13 heteroatoms. The molecule has 4 atom stereocenters. The average molecular weight is 696 g/mol. The lowest BCUT2D eigenvalue weighted by Gasteiger charge is -2.46. The van der Waals surface area contributed by atoms with Crippen LogP contribution < -0.4 is 21.3 Å². The Kier molecular flexibility index (Phi) is 12.9. The number of hydrogen-bond donors (Lipinski definition) is 4. The summed E-state index contributed by atoms with van der Waals surface area (Å²) in [7, 11) is -3.38. The first kappa shape index (κ1) is 39.9. The monoisotopic (exact) mass is 695 g/mol. The summed E-state index contributed by atoms with van der Waals surface area (Å²) in [4.78, 5) is 69.4. The predicted octanol–water partition coefficient (Wildman–Crippen LogP) is 3.28. The first-order chi connectivity index (χ1) is 22.3. The maximum absolute atomic E-state index is 14.5. The molecule has 0 aromatic carbocycles. The Balaban J connectivity index is 1.84. The number of likely N-dealkylation sites (tertiary alicyclic amines) is 1. The lowest BCUT2D eigenvalue weighted by Crippen LogP contribution is -2.66. The van der Waals surface area contributed by atoms with Crippen LogP contribution in [0.5, 0.6) is 0 Å². The summed E-state index contributed by atoms with van der Waals surface area (Å²) in [5.74, 6) is -1.95. The maximum Gasteiger partial charge on any atom is 0.315 e. The van der Waals surface area contributed by atoms with E-state index in [-0.39, 0.29) is 41.1 Å². The standard InChI is InChI=1S/C35H61N5O7S/c1-9-15-25(27(42)29(43)36-18-10-2)37-20-26(41)35-19-24(33(7,8)22-35)21-40(35)30(44)28(32(4,5)6)38-31(45)39-34(16-13-12-14-17-34)23-48(46,47)11-3/h24-25,28,37H,9-23H2,1-8H3,(H,36,43)(H2,38,39,45). The number of fused-ring (bicyclic) bond motifs is 2. The summed E-state index contributed by atoms with van der Waals surface area (Å²) in [6.45, 7) is 15.7. The van der Waals surface area contributed by atoms with Crippen molar-refractivity contribution in [2.45, 2.75) is 143 Å². The number of nitrogens with zero attached hydrogens (tertiary/aromatic N) is 1. The molecule has 2 aliphatic carbocycles. The first-order valence-corrected chi connectivity index (χ1v) is 19.8. The van der Waals surface area contributed by atoms with Crippen LogP contribution in [0.1, 0.15) is 120 Å². The summed E-state index contributed by atoms with van der Waals surface area (Å²) in [6, 6.07) is -2.40. The zero-order valence-corrected chi connectivity index (χ0v) is 31.4. The second-order valence-corrected chi connectivity index (χ2v) is 18.6. The number of ketones is 2. The summed E-state index contributed by atoms with van der Waals surface area (Å²) in [5, 5.41) is 11.6. The molecule has 3 aliphatic rings. The van der Waals surface area contributed by atoms with E-state index in [2.05, 4.69) is 35.1 Å². The van der Waals surface area contributed by atoms with Gasteiger partial charge in [-0.3, -0.25) is 24.5 Å². The lowest BCUT2D eigenvalue weighted by molar-refractivity contribution is -0.150. The fraction of sp³-hybridized carbons (Fsp3) is 0.857. The topological polar surface area (TPSA) is 171 Å². The number of nitrogens with one attached hydrogen (secondary N) is 4. The third-order valence-corrected chi connectivity index (χ3v) is 12.7. The van der Waals surface area contributed by atoms with Crippen LogP contribution in [0.15, 0.2) is 0 Å². The minimum Gasteiger partial charge on any atom is -0.349 e. The smallest absolute Gasteiger partial charge is 0.315 e. The molecule has 12 nitrogen and oxygen atoms in total. The van der Waals surface area contributed by atoms with Crippen molar-refractivity contribution in [3.05, 3.63) is 0 Å². The largest absolute Gasteiger partial charge is 0.349 e. The van der Waals surface area contributed by atoms with Crippen molar-refractivity contribution in [2.24, 2.45) is 16.7 Å². The Morgan fingerprint density at radius 3 is 2.15 bits per heavy atom. The molecule has 1 saturated heterocycles. The number of hydrogen-bond acceptors (Lipinski definition) is 8. The van der Waals surface area contributed by atoms with Gasteiger partial charge in [-0.05, 0) is 55.3 Å². The van der Waals surface area contributed by atoms with E-state index in [4.69, 9.17) is 0 Å². The van der Waals surface area contributed by atoms with Gasteiger partial charge in [-0.15, -0.1) is 0 Å². The number of carbonyl (C=O) groups excluding carboxylic acids is 5. The predicted molar refractivity (Wildman–Crippen MR) is 186 cm³/mol. The van der Waals surface area contributed by atoms with E-state index in [0.717, 1.165) is 19.3 Å². The number of rotatable bonds is 16. The van der Waals surface area contributed by atoms with E-state index < -0.39 is 56.1 Å². The third-order valence-electron chi connectivity index (χ3n) is 10.8. The molecule has 3 fully saturated rings. The van der Waals surface area contributed by atoms with Gasteiger partial charge in [0.2, 0.25) is 11.7 Å². The van der Waals surface area contributed by atoms with Crippen molar-refractivity contribution in [1.29, 1.82) is 0 Å². The lowest BCUT2D eigenvalue weighted by atomic mass is 9.76. The second kappa shape index (κ2) is 15.6. The molecule has 0 aromatic heterocycles.